The Morgan fingerprint density at radius 1 is 1.03 bits per heavy atom. The third kappa shape index (κ3) is 6.75. The van der Waals surface area contributed by atoms with E-state index in [4.69, 9.17) is 23.9 Å². The smallest absolute Gasteiger partial charge is 0.170 e. The average Bonchev–Trinajstić information content (AvgIpc) is 3.54. The second-order valence-corrected chi connectivity index (χ2v) is 11.4. The fraction of sp³-hybridized carbons (Fsp3) is 0.516. The Morgan fingerprint density at radius 2 is 1.74 bits per heavy atom. The van der Waals surface area contributed by atoms with Gasteiger partial charge in [-0.15, -0.1) is 0 Å². The van der Waals surface area contributed by atoms with Crippen molar-refractivity contribution in [2.24, 2.45) is 0 Å². The largest absolute Gasteiger partial charge is 0.491 e. The highest BCUT2D eigenvalue weighted by atomic mass is 16.7. The lowest BCUT2D eigenvalue weighted by atomic mass is 9.83. The van der Waals surface area contributed by atoms with E-state index in [1.54, 1.807) is 10.9 Å². The van der Waals surface area contributed by atoms with Crippen molar-refractivity contribution in [1.82, 2.24) is 14.8 Å². The summed E-state index contributed by atoms with van der Waals surface area (Å²) >= 11 is 0. The van der Waals surface area contributed by atoms with E-state index in [1.807, 2.05) is 64.2 Å². The van der Waals surface area contributed by atoms with Gasteiger partial charge in [-0.25, -0.2) is 4.68 Å². The third-order valence-corrected chi connectivity index (χ3v) is 7.47. The Hall–Kier alpha value is -3.07. The van der Waals surface area contributed by atoms with E-state index in [-0.39, 0.29) is 17.2 Å². The van der Waals surface area contributed by atoms with E-state index in [0.29, 0.717) is 44.3 Å². The van der Waals surface area contributed by atoms with Crippen LogP contribution >= 0.6 is 0 Å². The predicted octanol–water partition coefficient (Wildman–Crippen LogP) is 5.60. The van der Waals surface area contributed by atoms with Gasteiger partial charge in [0.15, 0.2) is 11.6 Å². The zero-order valence-electron chi connectivity index (χ0n) is 23.4. The van der Waals surface area contributed by atoms with Gasteiger partial charge in [-0.3, -0.25) is 9.78 Å². The van der Waals surface area contributed by atoms with Gasteiger partial charge in [-0.2, -0.15) is 5.10 Å². The van der Waals surface area contributed by atoms with Crippen LogP contribution in [0.15, 0.2) is 48.8 Å². The number of rotatable bonds is 9. The lowest BCUT2D eigenvalue weighted by molar-refractivity contribution is -0.178. The van der Waals surface area contributed by atoms with Gasteiger partial charge >= 0.3 is 0 Å². The van der Waals surface area contributed by atoms with Crippen LogP contribution in [0.4, 0.5) is 0 Å². The van der Waals surface area contributed by atoms with Gasteiger partial charge in [0.05, 0.1) is 48.6 Å². The number of ether oxygens (including phenoxy) is 4. The molecule has 3 heterocycles. The topological polar surface area (TPSA) is 84.7 Å². The first-order valence-electron chi connectivity index (χ1n) is 13.9. The molecule has 208 valence electrons. The van der Waals surface area contributed by atoms with Crippen LogP contribution in [-0.4, -0.2) is 58.4 Å². The minimum atomic E-state index is -0.359. The molecule has 1 aromatic carbocycles. The molecule has 3 aromatic rings. The summed E-state index contributed by atoms with van der Waals surface area (Å²) in [6, 6.07) is 11.8. The Bertz CT molecular complexity index is 1240. The monoisotopic (exact) mass is 533 g/mol. The van der Waals surface area contributed by atoms with E-state index in [9.17, 15) is 4.79 Å². The molecule has 1 aliphatic carbocycles. The third-order valence-electron chi connectivity index (χ3n) is 7.47. The predicted molar refractivity (Wildman–Crippen MR) is 148 cm³/mol. The van der Waals surface area contributed by atoms with Crippen LogP contribution in [0.5, 0.6) is 5.75 Å². The van der Waals surface area contributed by atoms with Crippen LogP contribution in [0.25, 0.3) is 5.69 Å². The van der Waals surface area contributed by atoms with Crippen molar-refractivity contribution >= 4 is 5.78 Å². The van der Waals surface area contributed by atoms with Gasteiger partial charge in [0.1, 0.15) is 12.4 Å². The van der Waals surface area contributed by atoms with Gasteiger partial charge in [0.25, 0.3) is 0 Å². The molecule has 8 nitrogen and oxygen atoms in total. The number of benzene rings is 1. The summed E-state index contributed by atoms with van der Waals surface area (Å²) in [5.74, 6) is 0.841. The maximum atomic E-state index is 13.1. The molecule has 0 atom stereocenters. The van der Waals surface area contributed by atoms with Crippen molar-refractivity contribution in [3.63, 3.8) is 0 Å². The lowest BCUT2D eigenvalue weighted by Crippen LogP contribution is -2.34. The first-order valence-corrected chi connectivity index (χ1v) is 13.9. The number of carbonyl (C=O) groups excluding carboxylic acids is 1. The van der Waals surface area contributed by atoms with Crippen LogP contribution < -0.4 is 4.74 Å². The molecular formula is C31H39N3O5. The van der Waals surface area contributed by atoms with Crippen molar-refractivity contribution < 1.29 is 23.7 Å². The number of hydrogen-bond donors (Lipinski definition) is 0. The van der Waals surface area contributed by atoms with Crippen molar-refractivity contribution in [1.29, 1.82) is 0 Å². The fourth-order valence-corrected chi connectivity index (χ4v) is 5.34. The molecule has 1 saturated carbocycles. The van der Waals surface area contributed by atoms with Gasteiger partial charge in [0, 0.05) is 37.1 Å². The molecule has 5 rings (SSSR count). The fourth-order valence-electron chi connectivity index (χ4n) is 5.34. The van der Waals surface area contributed by atoms with E-state index in [2.05, 4.69) is 11.2 Å². The summed E-state index contributed by atoms with van der Waals surface area (Å²) in [5.41, 5.74) is 4.11. The van der Waals surface area contributed by atoms with Crippen LogP contribution in [-0.2, 0) is 20.6 Å². The molecule has 0 radical (unpaired) electrons. The zero-order chi connectivity index (χ0) is 27.5. The van der Waals surface area contributed by atoms with Crippen molar-refractivity contribution in [3.8, 4) is 11.4 Å². The first kappa shape index (κ1) is 27.5. The number of ketones is 1. The first-order chi connectivity index (χ1) is 18.7. The Labute approximate surface area is 230 Å². The molecule has 2 fully saturated rings. The summed E-state index contributed by atoms with van der Waals surface area (Å²) in [6.45, 7) is 10.4. The molecule has 0 bridgehead atoms. The van der Waals surface area contributed by atoms with E-state index in [0.717, 1.165) is 54.1 Å². The summed E-state index contributed by atoms with van der Waals surface area (Å²) in [5, 5.41) is 4.49. The molecular weight excluding hydrogens is 494 g/mol. The molecule has 2 aliphatic rings. The summed E-state index contributed by atoms with van der Waals surface area (Å²) in [4.78, 5) is 17.9. The zero-order valence-corrected chi connectivity index (χ0v) is 23.4. The Kier molecular flexibility index (Phi) is 8.16. The number of aromatic nitrogens is 3. The van der Waals surface area contributed by atoms with Crippen LogP contribution in [0.3, 0.4) is 0 Å². The highest BCUT2D eigenvalue weighted by Gasteiger charge is 2.40. The molecule has 0 N–H and O–H groups in total. The maximum absolute atomic E-state index is 13.1. The molecule has 1 spiro atoms. The molecule has 39 heavy (non-hydrogen) atoms. The summed E-state index contributed by atoms with van der Waals surface area (Å²) < 4.78 is 24.9. The summed E-state index contributed by atoms with van der Waals surface area (Å²) in [7, 11) is 0. The van der Waals surface area contributed by atoms with Crippen molar-refractivity contribution in [2.45, 2.75) is 77.1 Å². The second kappa shape index (κ2) is 11.6. The van der Waals surface area contributed by atoms with Crippen LogP contribution in [0.1, 0.15) is 79.7 Å². The quantitative estimate of drug-likeness (QED) is 0.262. The SMILES string of the molecule is Cc1c(C(=O)Cc2ccc(C3CCC4(CC3)OCCO4)nc2)cnn1-c1ccc(OCCOC(C)(C)C)cc1. The molecule has 1 saturated heterocycles. The normalized spacial score (nSPS) is 17.5. The van der Waals surface area contributed by atoms with Crippen LogP contribution in [0.2, 0.25) is 0 Å². The number of nitrogens with zero attached hydrogens (tertiary/aromatic N) is 3. The van der Waals surface area contributed by atoms with Crippen molar-refractivity contribution in [2.75, 3.05) is 26.4 Å². The maximum Gasteiger partial charge on any atom is 0.170 e. The second-order valence-electron chi connectivity index (χ2n) is 11.4. The molecule has 8 heteroatoms. The minimum Gasteiger partial charge on any atom is -0.491 e. The molecule has 1 aliphatic heterocycles. The summed E-state index contributed by atoms with van der Waals surface area (Å²) in [6.07, 6.45) is 7.60. The molecule has 0 amide bonds. The number of pyridine rings is 1. The Morgan fingerprint density at radius 3 is 2.38 bits per heavy atom. The van der Waals surface area contributed by atoms with Crippen molar-refractivity contribution in [3.05, 3.63) is 71.3 Å². The number of Topliss-reactive ketones (excluding diaryl/α,β-unsaturated/α-hetero) is 1. The lowest BCUT2D eigenvalue weighted by Gasteiger charge is -2.35. The van der Waals surface area contributed by atoms with Gasteiger partial charge in [0.2, 0.25) is 0 Å². The minimum absolute atomic E-state index is 0.0299. The van der Waals surface area contributed by atoms with Gasteiger partial charge < -0.3 is 18.9 Å². The highest BCUT2D eigenvalue weighted by Crippen LogP contribution is 2.41. The highest BCUT2D eigenvalue weighted by molar-refractivity contribution is 5.98. The average molecular weight is 534 g/mol. The molecule has 0 unspecified atom stereocenters. The van der Waals surface area contributed by atoms with E-state index in [1.165, 1.54) is 0 Å². The van der Waals surface area contributed by atoms with E-state index < -0.39 is 0 Å². The Balaban J connectivity index is 1.15. The standard InChI is InChI=1S/C31H39N3O5/c1-22-27(21-33-34(22)25-6-8-26(9-7-25)36-15-16-37-30(2,3)4)29(35)19-23-5-10-28(32-20-23)24-11-13-31(14-12-24)38-17-18-39-31/h5-10,20-21,24H,11-19H2,1-4H3. The van der Waals surface area contributed by atoms with E-state index >= 15 is 0 Å². The van der Waals surface area contributed by atoms with Crippen LogP contribution in [0, 0.1) is 6.92 Å². The van der Waals surface area contributed by atoms with Gasteiger partial charge in [-0.1, -0.05) is 6.07 Å². The van der Waals surface area contributed by atoms with Gasteiger partial charge in [-0.05, 0) is 76.4 Å². The number of hydrogen-bond acceptors (Lipinski definition) is 7. The number of carbonyl (C=O) groups is 1. The molecule has 2 aromatic heterocycles.